The van der Waals surface area contributed by atoms with E-state index in [0.717, 1.165) is 47.3 Å². The van der Waals surface area contributed by atoms with Gasteiger partial charge in [-0.3, -0.25) is 58.8 Å². The van der Waals surface area contributed by atoms with Crippen molar-refractivity contribution in [2.24, 2.45) is 0 Å². The Morgan fingerprint density at radius 3 is 1.40 bits per heavy atom. The van der Waals surface area contributed by atoms with Gasteiger partial charge in [0.1, 0.15) is 19.2 Å². The summed E-state index contributed by atoms with van der Waals surface area (Å²) >= 11 is 19.8. The van der Waals surface area contributed by atoms with Crippen LogP contribution in [-0.4, -0.2) is 135 Å². The van der Waals surface area contributed by atoms with E-state index in [1.165, 1.54) is 95.1 Å². The molecule has 11 aliphatic heterocycles. The molecule has 17 nitrogen and oxygen atoms in total. The highest BCUT2D eigenvalue weighted by Crippen LogP contribution is 2.93. The van der Waals surface area contributed by atoms with Crippen molar-refractivity contribution >= 4 is 344 Å². The summed E-state index contributed by atoms with van der Waals surface area (Å²) in [4.78, 5) is 97.5. The summed E-state index contributed by atoms with van der Waals surface area (Å²) in [7, 11) is 33.4. The van der Waals surface area contributed by atoms with E-state index in [4.69, 9.17) is 17.0 Å². The van der Waals surface area contributed by atoms with Gasteiger partial charge in [0.15, 0.2) is 17.1 Å². The second kappa shape index (κ2) is 49.9. The number of ether oxygens (including phenoxy) is 1. The van der Waals surface area contributed by atoms with Crippen LogP contribution in [0.25, 0.3) is 6.15 Å². The molecule has 2 spiro atoms. The van der Waals surface area contributed by atoms with Crippen LogP contribution in [-0.2, 0) is 66.7 Å². The van der Waals surface area contributed by atoms with Crippen molar-refractivity contribution in [1.29, 1.82) is 0 Å². The fourth-order valence-electron chi connectivity index (χ4n) is 6.23. The predicted octanol–water partition coefficient (Wildman–Crippen LogP) is 17.9. The topological polar surface area (TPSA) is 257 Å². The van der Waals surface area contributed by atoms with Crippen LogP contribution in [0.3, 0.4) is 0 Å². The van der Waals surface area contributed by atoms with Gasteiger partial charge in [-0.05, 0) is 170 Å². The second-order valence-corrected chi connectivity index (χ2v) is 50.3. The lowest BCUT2D eigenvalue weighted by Crippen LogP contribution is -2.45. The van der Waals surface area contributed by atoms with E-state index in [1.807, 2.05) is 129 Å². The van der Waals surface area contributed by atoms with Crippen LogP contribution in [0.4, 0.5) is 0 Å². The number of thiocarbonyl (C=S) groups is 1. The maximum Gasteiger partial charge on any atom is 0.253 e. The van der Waals surface area contributed by atoms with E-state index < -0.39 is 17.4 Å². The summed E-state index contributed by atoms with van der Waals surface area (Å²) < 4.78 is 7.69. The van der Waals surface area contributed by atoms with Crippen LogP contribution >= 0.6 is 270 Å². The predicted molar refractivity (Wildman–Crippen MR) is 444 cm³/mol. The van der Waals surface area contributed by atoms with Crippen LogP contribution in [0.15, 0.2) is 34.5 Å². The molecule has 0 radical (unpaired) electrons. The number of thioether (sulfide) groups is 1. The molecular weight excluding hydrogens is 1820 g/mol. The quantitative estimate of drug-likeness (QED) is 0.0145. The number of nitrogens with one attached hydrogen (secondary N) is 4. The number of nitrogens with two attached hydrogens (primary N) is 1. The van der Waals surface area contributed by atoms with E-state index in [-0.39, 0.29) is 142 Å². The molecule has 43 heteroatoms. The zero-order chi connectivity index (χ0) is 59.9. The number of ketones is 2. The Hall–Kier alpha value is 4.50. The van der Waals surface area contributed by atoms with E-state index in [9.17, 15) is 43.5 Å². The van der Waals surface area contributed by atoms with E-state index >= 15 is 0 Å². The number of hydrogen-bond acceptors (Lipinski definition) is 34. The van der Waals surface area contributed by atoms with E-state index in [1.54, 1.807) is 32.4 Å². The molecule has 9 fully saturated rings. The van der Waals surface area contributed by atoms with Gasteiger partial charge in [0, 0.05) is 120 Å². The van der Waals surface area contributed by atoms with Crippen LogP contribution in [0, 0.1) is 0 Å². The molecule has 6 N–H and O–H groups in total. The average Bonchev–Trinajstić information content (AvgIpc) is 1.84. The zero-order valence-electron chi connectivity index (χ0n) is 43.2. The minimum absolute atomic E-state index is 0. The van der Waals surface area contributed by atoms with Gasteiger partial charge in [0.25, 0.3) is 23.6 Å². The van der Waals surface area contributed by atoms with E-state index in [2.05, 4.69) is 82.1 Å². The molecule has 9 saturated heterocycles. The summed E-state index contributed by atoms with van der Waals surface area (Å²) in [5, 5.41) is 26.2. The van der Waals surface area contributed by atoms with Crippen LogP contribution in [0.1, 0.15) is 109 Å². The lowest BCUT2D eigenvalue weighted by molar-refractivity contribution is -0.368. The largest absolute Gasteiger partial charge is 0.693 e. The van der Waals surface area contributed by atoms with Crippen LogP contribution in [0.2, 0.25) is 0 Å². The molecular formula is C45H71I2N7O10P2S22-2. The van der Waals surface area contributed by atoms with Crippen molar-refractivity contribution in [2.45, 2.75) is 152 Å². The minimum atomic E-state index is -0.587. The molecule has 0 aromatic heterocycles. The number of carbonyl (C=O) groups is 8. The Labute approximate surface area is 637 Å². The maximum atomic E-state index is 13.1. The molecule has 11 heterocycles. The molecule has 0 aromatic rings. The number of rotatable bonds is 18. The van der Waals surface area contributed by atoms with Gasteiger partial charge in [-0.2, -0.15) is 0 Å². The van der Waals surface area contributed by atoms with Crippen molar-refractivity contribution in [2.75, 3.05) is 31.3 Å². The summed E-state index contributed by atoms with van der Waals surface area (Å²) in [6.45, 7) is 6.58. The third kappa shape index (κ3) is 37.3. The van der Waals surface area contributed by atoms with Gasteiger partial charge in [-0.25, -0.2) is 0 Å². The molecule has 88 heavy (non-hydrogen) atoms. The first-order valence-corrected chi connectivity index (χ1v) is 55.7. The Morgan fingerprint density at radius 1 is 0.648 bits per heavy atom. The average molecular weight is 1890 g/mol. The highest BCUT2D eigenvalue weighted by Gasteiger charge is 2.62. The molecule has 11 aliphatic rings. The van der Waals surface area contributed by atoms with Crippen molar-refractivity contribution in [3.05, 3.63) is 40.6 Å². The number of unbranched alkanes of at least 4 members (excludes halogenated alkanes) is 2. The van der Waals surface area contributed by atoms with Crippen LogP contribution < -0.4 is 26.4 Å². The Bertz CT molecular complexity index is 2330. The first-order chi connectivity index (χ1) is 39.2. The SMILES string of the molecule is C.C.C.C.C.C1SS1.CC(C)(C)OC([O-])=C1SSC2SSC(NC(CCCCNC(=O)CCN3C(=O)C=CC3=O)C2=O)S1.II.O=C(CCN1C(=O)C=CC1=O)NCCCCC1NC2SSC(SSC2=S)C1=O.S1SC12SS2.S1SC12SS2.S=PP=S.[NH2-]. The molecule has 6 unspecified atom stereocenters. The number of halogens is 2. The van der Waals surface area contributed by atoms with Gasteiger partial charge in [-0.15, -0.1) is 0 Å². The first-order valence-electron chi connectivity index (χ1n) is 23.6. The number of fused-ring (bicyclic) bond motifs is 6. The number of nitrogens with zero attached hydrogens (tertiary/aromatic N) is 2. The standard InChI is InChI=1S/C21H29N3O6S5.C16H19N3O4S5.2CS4.CH2S2.5CH4.I2.H2N.P2S2/c1-21(2,3)30-17(29)19-31-20-23-12(16(28)18(32-34-19)33-35-20)6-4-5-10-22-13(25)9-11-24-14(26)7-8-15(24)27;20-10(6-8-19-11(21)4-5-12(19)22)17-7-2-1-3-9-13(23)16-27-25-14(18-9)15(24)26-28-16;2*2-1(3-2)4-5-1;1-2-3-1;;;;;;1-2;;3-1-2-4/h7-8,12,18,20,23,29H,4-6,9-11H2,1-3H3,(H,22,25);4-5,9,14,16,18H,1-3,6-8H2,(H,17,20);;;1H2;5*1H4;;1H2;/q;;;;;;;;;;;-1;/p-1. The smallest absolute Gasteiger partial charge is 0.253 e. The summed E-state index contributed by atoms with van der Waals surface area (Å²) in [6, 6.07) is -0.541. The highest BCUT2D eigenvalue weighted by molar-refractivity contribution is 15.0. The fourth-order valence-corrected chi connectivity index (χ4v) is 34.4. The van der Waals surface area contributed by atoms with Gasteiger partial charge in [-0.1, -0.05) is 168 Å². The van der Waals surface area contributed by atoms with Crippen LogP contribution in [0.5, 0.6) is 0 Å². The Kier molecular flexibility index (Phi) is 53.7. The molecule has 504 valence electrons. The van der Waals surface area contributed by atoms with Gasteiger partial charge >= 0.3 is 0 Å². The highest BCUT2D eigenvalue weighted by atomic mass is 128. The Balaban J connectivity index is 0. The van der Waals surface area contributed by atoms with Gasteiger partial charge < -0.3 is 26.6 Å². The van der Waals surface area contributed by atoms with Gasteiger partial charge in [0.2, 0.25) is 11.8 Å². The maximum absolute atomic E-state index is 13.1. The van der Waals surface area contributed by atoms with E-state index in [0.29, 0.717) is 42.1 Å². The van der Waals surface area contributed by atoms with Crippen molar-refractivity contribution in [3.63, 3.8) is 0 Å². The van der Waals surface area contributed by atoms with Crippen molar-refractivity contribution < 1.29 is 48.2 Å². The zero-order valence-corrected chi connectivity index (χ0v) is 67.2. The monoisotopic (exact) mass is 1890 g/mol. The number of Topliss-reactive ketones (excluding diaryl/α,β-unsaturated/α-hetero) is 2. The Morgan fingerprint density at radius 2 is 1.03 bits per heavy atom. The first kappa shape index (κ1) is 94.6. The molecule has 11 rings (SSSR count). The number of hydrogen-bond donors (Lipinski definition) is 4. The molecule has 6 amide bonds. The molecule has 4 bridgehead atoms. The summed E-state index contributed by atoms with van der Waals surface area (Å²) in [5.74, 6) is -2.03. The molecule has 6 atom stereocenters. The molecule has 0 aromatic carbocycles. The normalized spacial score (nSPS) is 24.9. The lowest BCUT2D eigenvalue weighted by atomic mass is 10.1. The van der Waals surface area contributed by atoms with Crippen molar-refractivity contribution in [1.82, 2.24) is 31.1 Å². The number of amides is 6. The lowest BCUT2D eigenvalue weighted by Gasteiger charge is -2.33. The minimum Gasteiger partial charge on any atom is -0.693 e. The third-order valence-corrected chi connectivity index (χ3v) is 46.2. The van der Waals surface area contributed by atoms with Gasteiger partial charge in [0.05, 0.1) is 31.5 Å². The summed E-state index contributed by atoms with van der Waals surface area (Å²) in [5.41, 5.74) is -0.587. The fraction of sp³-hybridized carbons (Fsp3) is 0.667. The second-order valence-electron chi connectivity index (χ2n) is 17.3. The number of carbonyl (C=O) groups excluding carboxylic acids is 8. The third-order valence-electron chi connectivity index (χ3n) is 10.2. The molecule has 0 aliphatic carbocycles. The number of imide groups is 2. The summed E-state index contributed by atoms with van der Waals surface area (Å²) in [6.07, 6.45) is 9.27. The van der Waals surface area contributed by atoms with Crippen molar-refractivity contribution in [3.8, 4) is 0 Å². The molecule has 0 saturated carbocycles.